The Hall–Kier alpha value is -0.850. The normalized spacial score (nSPS) is 17.1. The van der Waals surface area contributed by atoms with Crippen LogP contribution in [0.3, 0.4) is 0 Å². The summed E-state index contributed by atoms with van der Waals surface area (Å²) in [7, 11) is 0. The molecule has 0 aromatic rings. The maximum atomic E-state index is 10.7. The Bertz CT molecular complexity index is 197. The fraction of sp³-hybridized carbons (Fsp3) is 0.375. The van der Waals surface area contributed by atoms with Gasteiger partial charge in [0, 0.05) is 5.57 Å². The molecule has 0 radical (unpaired) electrons. The molecule has 1 rings (SSSR count). The van der Waals surface area contributed by atoms with Crippen LogP contribution in [0.2, 0.25) is 0 Å². The Morgan fingerprint density at radius 2 is 2.33 bits per heavy atom. The molecule has 0 spiro atoms. The number of ketones is 1. The highest BCUT2D eigenvalue weighted by molar-refractivity contribution is 5.97. The maximum absolute atomic E-state index is 10.7. The molecule has 0 saturated carbocycles. The van der Waals surface area contributed by atoms with Gasteiger partial charge in [0.1, 0.15) is 0 Å². The second kappa shape index (κ2) is 2.18. The quantitative estimate of drug-likeness (QED) is 0.518. The molecular weight excluding hydrogens is 112 g/mol. The van der Waals surface area contributed by atoms with Crippen molar-refractivity contribution in [3.05, 3.63) is 23.3 Å². The molecule has 48 valence electrons. The lowest BCUT2D eigenvalue weighted by molar-refractivity contribution is -0.113. The van der Waals surface area contributed by atoms with Crippen molar-refractivity contribution >= 4 is 5.78 Å². The van der Waals surface area contributed by atoms with Gasteiger partial charge >= 0.3 is 0 Å². The number of hydrogen-bond acceptors (Lipinski definition) is 1. The molecule has 0 N–H and O–H groups in total. The molecule has 0 aliphatic heterocycles. The summed E-state index contributed by atoms with van der Waals surface area (Å²) in [5.74, 6) is 0.182. The van der Waals surface area contributed by atoms with Gasteiger partial charge in [-0.15, -0.1) is 0 Å². The molecule has 0 amide bonds. The number of carbonyl (C=O) groups is 1. The first-order valence-corrected chi connectivity index (χ1v) is 3.09. The minimum Gasteiger partial charge on any atom is -0.295 e. The first-order valence-electron chi connectivity index (χ1n) is 3.09. The van der Waals surface area contributed by atoms with E-state index < -0.39 is 0 Å². The summed E-state index contributed by atoms with van der Waals surface area (Å²) >= 11 is 0. The molecule has 0 bridgehead atoms. The topological polar surface area (TPSA) is 17.1 Å². The molecule has 0 aromatic heterocycles. The van der Waals surface area contributed by atoms with Crippen LogP contribution in [0.25, 0.3) is 0 Å². The van der Waals surface area contributed by atoms with E-state index >= 15 is 0 Å². The zero-order valence-corrected chi connectivity index (χ0v) is 5.77. The summed E-state index contributed by atoms with van der Waals surface area (Å²) in [6.07, 6.45) is 4.87. The summed E-state index contributed by atoms with van der Waals surface area (Å²) in [5, 5.41) is 0. The van der Waals surface area contributed by atoms with Crippen molar-refractivity contribution in [2.24, 2.45) is 0 Å². The van der Waals surface area contributed by atoms with Crippen molar-refractivity contribution in [3.8, 4) is 0 Å². The smallest absolute Gasteiger partial charge is 0.159 e. The molecule has 1 aliphatic rings. The molecule has 0 fully saturated rings. The van der Waals surface area contributed by atoms with E-state index in [2.05, 4.69) is 0 Å². The summed E-state index contributed by atoms with van der Waals surface area (Å²) in [4.78, 5) is 10.7. The highest BCUT2D eigenvalue weighted by Gasteiger charge is 2.07. The van der Waals surface area contributed by atoms with E-state index in [1.54, 1.807) is 6.92 Å². The average Bonchev–Trinajstić information content (AvgIpc) is 2.13. The van der Waals surface area contributed by atoms with Crippen LogP contribution in [-0.2, 0) is 4.79 Å². The second-order valence-electron chi connectivity index (χ2n) is 2.36. The third-order valence-corrected chi connectivity index (χ3v) is 1.55. The van der Waals surface area contributed by atoms with Crippen LogP contribution in [0.15, 0.2) is 23.3 Å². The van der Waals surface area contributed by atoms with E-state index in [0.717, 1.165) is 12.0 Å². The minimum absolute atomic E-state index is 0.182. The monoisotopic (exact) mass is 122 g/mol. The molecule has 0 heterocycles. The predicted molar refractivity (Wildman–Crippen MR) is 37.1 cm³/mol. The van der Waals surface area contributed by atoms with Gasteiger partial charge in [0.2, 0.25) is 0 Å². The predicted octanol–water partition coefficient (Wildman–Crippen LogP) is 1.85. The largest absolute Gasteiger partial charge is 0.295 e. The van der Waals surface area contributed by atoms with Gasteiger partial charge in [0.05, 0.1) is 0 Å². The van der Waals surface area contributed by atoms with Gasteiger partial charge in [-0.25, -0.2) is 0 Å². The third kappa shape index (κ3) is 1.10. The number of Topliss-reactive ketones (excluding diaryl/α,β-unsaturated/α-hetero) is 1. The van der Waals surface area contributed by atoms with Gasteiger partial charge < -0.3 is 0 Å². The van der Waals surface area contributed by atoms with Gasteiger partial charge in [0.25, 0.3) is 0 Å². The highest BCUT2D eigenvalue weighted by atomic mass is 16.1. The van der Waals surface area contributed by atoms with Gasteiger partial charge in [0.15, 0.2) is 5.78 Å². The number of carbonyl (C=O) groups excluding carboxylic acids is 1. The van der Waals surface area contributed by atoms with Crippen molar-refractivity contribution in [1.82, 2.24) is 0 Å². The lowest BCUT2D eigenvalue weighted by Crippen LogP contribution is -1.92. The summed E-state index contributed by atoms with van der Waals surface area (Å²) in [6, 6.07) is 0. The van der Waals surface area contributed by atoms with Crippen LogP contribution in [0.1, 0.15) is 20.3 Å². The Morgan fingerprint density at radius 3 is 2.56 bits per heavy atom. The molecule has 1 nitrogen and oxygen atoms in total. The van der Waals surface area contributed by atoms with E-state index in [9.17, 15) is 4.79 Å². The summed E-state index contributed by atoms with van der Waals surface area (Å²) < 4.78 is 0. The van der Waals surface area contributed by atoms with Crippen molar-refractivity contribution in [3.63, 3.8) is 0 Å². The van der Waals surface area contributed by atoms with Crippen LogP contribution in [-0.4, -0.2) is 5.78 Å². The minimum atomic E-state index is 0.182. The third-order valence-electron chi connectivity index (χ3n) is 1.55. The van der Waals surface area contributed by atoms with Crippen LogP contribution < -0.4 is 0 Å². The number of hydrogen-bond donors (Lipinski definition) is 0. The van der Waals surface area contributed by atoms with Crippen molar-refractivity contribution in [2.75, 3.05) is 0 Å². The number of allylic oxidation sites excluding steroid dienone is 4. The Morgan fingerprint density at radius 1 is 1.67 bits per heavy atom. The number of rotatable bonds is 1. The first-order chi connectivity index (χ1) is 4.22. The molecule has 1 aliphatic carbocycles. The van der Waals surface area contributed by atoms with Gasteiger partial charge in [-0.05, 0) is 20.3 Å². The molecule has 0 unspecified atom stereocenters. The van der Waals surface area contributed by atoms with E-state index in [-0.39, 0.29) is 5.78 Å². The van der Waals surface area contributed by atoms with Crippen molar-refractivity contribution < 1.29 is 4.79 Å². The SMILES string of the molecule is CC(=O)C1=C(C)CC=C1. The molecule has 0 saturated heterocycles. The van der Waals surface area contributed by atoms with E-state index in [1.807, 2.05) is 19.1 Å². The molecule has 1 heteroatoms. The molecule has 9 heavy (non-hydrogen) atoms. The maximum Gasteiger partial charge on any atom is 0.159 e. The first kappa shape index (κ1) is 6.27. The van der Waals surface area contributed by atoms with Crippen LogP contribution in [0, 0.1) is 0 Å². The Balaban J connectivity index is 2.89. The van der Waals surface area contributed by atoms with Crippen LogP contribution >= 0.6 is 0 Å². The van der Waals surface area contributed by atoms with Crippen LogP contribution in [0.5, 0.6) is 0 Å². The zero-order chi connectivity index (χ0) is 6.85. The van der Waals surface area contributed by atoms with Crippen LogP contribution in [0.4, 0.5) is 0 Å². The summed E-state index contributed by atoms with van der Waals surface area (Å²) in [5.41, 5.74) is 2.09. The summed E-state index contributed by atoms with van der Waals surface area (Å²) in [6.45, 7) is 3.60. The molecular formula is C8H10O. The fourth-order valence-corrected chi connectivity index (χ4v) is 1.02. The van der Waals surface area contributed by atoms with Crippen molar-refractivity contribution in [1.29, 1.82) is 0 Å². The molecule has 0 aromatic carbocycles. The fourth-order valence-electron chi connectivity index (χ4n) is 1.02. The zero-order valence-electron chi connectivity index (χ0n) is 5.77. The lowest BCUT2D eigenvalue weighted by atomic mass is 10.1. The van der Waals surface area contributed by atoms with Gasteiger partial charge in [-0.1, -0.05) is 17.7 Å². The van der Waals surface area contributed by atoms with E-state index in [1.165, 1.54) is 5.57 Å². The van der Waals surface area contributed by atoms with Gasteiger partial charge in [-0.2, -0.15) is 0 Å². The van der Waals surface area contributed by atoms with Gasteiger partial charge in [-0.3, -0.25) is 4.79 Å². The van der Waals surface area contributed by atoms with E-state index in [0.29, 0.717) is 0 Å². The average molecular weight is 122 g/mol. The Kier molecular flexibility index (Phi) is 1.52. The highest BCUT2D eigenvalue weighted by Crippen LogP contribution is 2.18. The van der Waals surface area contributed by atoms with Crippen molar-refractivity contribution in [2.45, 2.75) is 20.3 Å². The molecule has 0 atom stereocenters. The standard InChI is InChI=1S/C8H10O/c1-6-4-3-5-8(6)7(2)9/h3,5H,4H2,1-2H3. The van der Waals surface area contributed by atoms with E-state index in [4.69, 9.17) is 0 Å². The second-order valence-corrected chi connectivity index (χ2v) is 2.36. The lowest BCUT2D eigenvalue weighted by Gasteiger charge is -1.93. The Labute approximate surface area is 55.1 Å².